The lowest BCUT2D eigenvalue weighted by molar-refractivity contribution is -0.131. The predicted octanol–water partition coefficient (Wildman–Crippen LogP) is 2.14. The molecule has 0 radical (unpaired) electrons. The summed E-state index contributed by atoms with van der Waals surface area (Å²) in [7, 11) is 0. The SMILES string of the molecule is CCc1nnc(C2(C[C@H](C)NCC(=O)N3[C@H](C#N)C[C@@H]4C[C@@H]43)c3ccc(C(N)=O)cc3CCc3cc(C(N)=O)ccc32)o1. The summed E-state index contributed by atoms with van der Waals surface area (Å²) in [5, 5.41) is 21.8. The summed E-state index contributed by atoms with van der Waals surface area (Å²) >= 11 is 0. The van der Waals surface area contributed by atoms with Crippen LogP contribution in [0.2, 0.25) is 0 Å². The fourth-order valence-corrected chi connectivity index (χ4v) is 7.08. The number of amides is 3. The highest BCUT2D eigenvalue weighted by Crippen LogP contribution is 2.49. The van der Waals surface area contributed by atoms with E-state index in [9.17, 15) is 19.6 Å². The maximum Gasteiger partial charge on any atom is 0.248 e. The number of fused-ring (bicyclic) bond motifs is 3. The van der Waals surface area contributed by atoms with Gasteiger partial charge in [0.15, 0.2) is 0 Å². The number of aryl methyl sites for hydroxylation is 3. The Morgan fingerprint density at radius 1 is 1.07 bits per heavy atom. The van der Waals surface area contributed by atoms with Gasteiger partial charge in [-0.2, -0.15) is 5.26 Å². The van der Waals surface area contributed by atoms with Crippen LogP contribution in [0.25, 0.3) is 0 Å². The number of rotatable bonds is 9. The number of nitrogens with two attached hydrogens (primary N) is 2. The fraction of sp³-hybridized carbons (Fsp3) is 0.438. The van der Waals surface area contributed by atoms with Gasteiger partial charge in [-0.1, -0.05) is 19.1 Å². The maximum absolute atomic E-state index is 13.3. The number of hydrogen-bond acceptors (Lipinski definition) is 8. The summed E-state index contributed by atoms with van der Waals surface area (Å²) in [6.07, 6.45) is 3.84. The number of hydrogen-bond donors (Lipinski definition) is 3. The molecular formula is C32H35N7O4. The van der Waals surface area contributed by atoms with Gasteiger partial charge in [0.2, 0.25) is 29.5 Å². The van der Waals surface area contributed by atoms with Crippen molar-refractivity contribution in [3.63, 3.8) is 0 Å². The van der Waals surface area contributed by atoms with Crippen LogP contribution in [0, 0.1) is 17.2 Å². The van der Waals surface area contributed by atoms with Crippen molar-refractivity contribution < 1.29 is 18.8 Å². The standard InChI is InChI=1S/C32H35N7O4/c1-3-27-37-38-31(43-27)32(14-17(2)36-16-28(40)39-23(15-33)12-22-13-26(22)39)24-8-6-20(29(34)41)10-18(24)4-5-19-11-21(30(35)42)7-9-25(19)32/h6-11,17,22-23,26,36H,3-5,12-14,16H2,1-2H3,(H2,34,41)(H2,35,42)/t17-,22+,23-,26-/m0/s1. The zero-order valence-corrected chi connectivity index (χ0v) is 24.3. The largest absolute Gasteiger partial charge is 0.424 e. The van der Waals surface area contributed by atoms with E-state index < -0.39 is 17.2 Å². The summed E-state index contributed by atoms with van der Waals surface area (Å²) in [5.41, 5.74) is 14.7. The van der Waals surface area contributed by atoms with Gasteiger partial charge in [0.05, 0.1) is 12.6 Å². The molecule has 6 rings (SSSR count). The second kappa shape index (κ2) is 10.9. The molecule has 0 unspecified atom stereocenters. The molecule has 3 aliphatic rings. The van der Waals surface area contributed by atoms with Crippen LogP contribution >= 0.6 is 0 Å². The van der Waals surface area contributed by atoms with Gasteiger partial charge in [0, 0.05) is 29.6 Å². The number of piperidine rings is 1. The van der Waals surface area contributed by atoms with Gasteiger partial charge in [0.25, 0.3) is 0 Å². The van der Waals surface area contributed by atoms with E-state index in [-0.39, 0.29) is 30.6 Å². The highest BCUT2D eigenvalue weighted by atomic mass is 16.4. The van der Waals surface area contributed by atoms with Crippen molar-refractivity contribution in [1.82, 2.24) is 20.4 Å². The highest BCUT2D eigenvalue weighted by Gasteiger charge is 2.54. The van der Waals surface area contributed by atoms with Crippen LogP contribution in [0.3, 0.4) is 0 Å². The summed E-state index contributed by atoms with van der Waals surface area (Å²) in [4.78, 5) is 39.3. The number of carbonyl (C=O) groups excluding carboxylic acids is 3. The minimum atomic E-state index is -0.978. The molecular weight excluding hydrogens is 546 g/mol. The number of primary amides is 2. The van der Waals surface area contributed by atoms with E-state index in [1.54, 1.807) is 17.0 Å². The number of benzene rings is 2. The van der Waals surface area contributed by atoms with Crippen LogP contribution in [0.4, 0.5) is 0 Å². The number of nitrogens with one attached hydrogen (secondary N) is 1. The molecule has 2 aromatic carbocycles. The Bertz CT molecular complexity index is 1590. The molecule has 5 N–H and O–H groups in total. The molecule has 3 amide bonds. The molecule has 1 saturated heterocycles. The zero-order valence-electron chi connectivity index (χ0n) is 24.3. The highest BCUT2D eigenvalue weighted by molar-refractivity contribution is 5.94. The average molecular weight is 582 g/mol. The Morgan fingerprint density at radius 2 is 1.70 bits per heavy atom. The predicted molar refractivity (Wildman–Crippen MR) is 156 cm³/mol. The van der Waals surface area contributed by atoms with Gasteiger partial charge in [-0.15, -0.1) is 10.2 Å². The lowest BCUT2D eigenvalue weighted by Crippen LogP contribution is -2.46. The van der Waals surface area contributed by atoms with Crippen LogP contribution in [-0.2, 0) is 29.5 Å². The van der Waals surface area contributed by atoms with Gasteiger partial charge in [-0.25, -0.2) is 0 Å². The summed E-state index contributed by atoms with van der Waals surface area (Å²) < 4.78 is 6.31. The van der Waals surface area contributed by atoms with Gasteiger partial charge in [-0.05, 0) is 91.5 Å². The lowest BCUT2D eigenvalue weighted by Gasteiger charge is -2.36. The molecule has 2 aliphatic carbocycles. The van der Waals surface area contributed by atoms with Crippen molar-refractivity contribution in [1.29, 1.82) is 5.26 Å². The lowest BCUT2D eigenvalue weighted by atomic mass is 9.68. The van der Waals surface area contributed by atoms with Crippen LogP contribution < -0.4 is 16.8 Å². The summed E-state index contributed by atoms with van der Waals surface area (Å²) in [5.74, 6) is 0.173. The smallest absolute Gasteiger partial charge is 0.248 e. The van der Waals surface area contributed by atoms with E-state index in [2.05, 4.69) is 21.6 Å². The molecule has 2 heterocycles. The van der Waals surface area contributed by atoms with Crippen LogP contribution in [0.1, 0.15) is 87.9 Å². The Kier molecular flexibility index (Phi) is 7.26. The molecule has 2 fully saturated rings. The third kappa shape index (κ3) is 4.95. The molecule has 1 aromatic heterocycles. The number of carbonyl (C=O) groups is 3. The third-order valence-corrected chi connectivity index (χ3v) is 9.25. The van der Waals surface area contributed by atoms with Crippen molar-refractivity contribution >= 4 is 17.7 Å². The molecule has 1 saturated carbocycles. The first-order valence-corrected chi connectivity index (χ1v) is 14.8. The molecule has 4 atom stereocenters. The van der Waals surface area contributed by atoms with Crippen molar-refractivity contribution in [3.05, 3.63) is 81.6 Å². The van der Waals surface area contributed by atoms with Crippen LogP contribution in [-0.4, -0.2) is 57.5 Å². The first kappa shape index (κ1) is 28.6. The summed E-state index contributed by atoms with van der Waals surface area (Å²) in [6.45, 7) is 4.02. The van der Waals surface area contributed by atoms with E-state index in [0.29, 0.717) is 54.5 Å². The topological polar surface area (TPSA) is 181 Å². The monoisotopic (exact) mass is 581 g/mol. The Hall–Kier alpha value is -4.56. The fourth-order valence-electron chi connectivity index (χ4n) is 7.08. The minimum Gasteiger partial charge on any atom is -0.424 e. The van der Waals surface area contributed by atoms with E-state index in [0.717, 1.165) is 35.1 Å². The Morgan fingerprint density at radius 3 is 2.23 bits per heavy atom. The molecule has 222 valence electrons. The minimum absolute atomic E-state index is 0.0811. The van der Waals surface area contributed by atoms with Crippen molar-refractivity contribution in [2.24, 2.45) is 17.4 Å². The number of aromatic nitrogens is 2. The van der Waals surface area contributed by atoms with Crippen molar-refractivity contribution in [2.75, 3.05) is 6.54 Å². The van der Waals surface area contributed by atoms with Crippen LogP contribution in [0.5, 0.6) is 0 Å². The molecule has 1 aliphatic heterocycles. The van der Waals surface area contributed by atoms with E-state index in [4.69, 9.17) is 15.9 Å². The van der Waals surface area contributed by atoms with E-state index in [1.165, 1.54) is 0 Å². The first-order valence-electron chi connectivity index (χ1n) is 14.8. The van der Waals surface area contributed by atoms with Crippen molar-refractivity contribution in [2.45, 2.75) is 75.9 Å². The summed E-state index contributed by atoms with van der Waals surface area (Å²) in [6, 6.07) is 12.7. The van der Waals surface area contributed by atoms with Gasteiger partial charge in [-0.3, -0.25) is 14.4 Å². The average Bonchev–Trinajstić information content (AvgIpc) is 3.44. The normalized spacial score (nSPS) is 22.0. The second-order valence-corrected chi connectivity index (χ2v) is 12.0. The zero-order chi connectivity index (χ0) is 30.5. The second-order valence-electron chi connectivity index (χ2n) is 12.0. The first-order chi connectivity index (χ1) is 20.7. The van der Waals surface area contributed by atoms with Gasteiger partial charge < -0.3 is 26.1 Å². The van der Waals surface area contributed by atoms with E-state index in [1.807, 2.05) is 38.1 Å². The number of nitriles is 1. The molecule has 0 bridgehead atoms. The molecule has 11 nitrogen and oxygen atoms in total. The quantitative estimate of drug-likeness (QED) is 0.343. The third-order valence-electron chi connectivity index (χ3n) is 9.25. The van der Waals surface area contributed by atoms with Crippen LogP contribution in [0.15, 0.2) is 40.8 Å². The Labute approximate surface area is 249 Å². The van der Waals surface area contributed by atoms with Crippen molar-refractivity contribution in [3.8, 4) is 6.07 Å². The number of likely N-dealkylation sites (tertiary alicyclic amines) is 1. The Balaban J connectivity index is 1.43. The van der Waals surface area contributed by atoms with E-state index >= 15 is 0 Å². The van der Waals surface area contributed by atoms with Gasteiger partial charge >= 0.3 is 0 Å². The molecule has 11 heteroatoms. The molecule has 0 spiro atoms. The maximum atomic E-state index is 13.3. The molecule has 43 heavy (non-hydrogen) atoms. The molecule has 3 aromatic rings. The number of nitrogens with zero attached hydrogens (tertiary/aromatic N) is 4. The van der Waals surface area contributed by atoms with Gasteiger partial charge in [0.1, 0.15) is 11.5 Å².